The number of rotatable bonds is 1. The van der Waals surface area contributed by atoms with E-state index >= 15 is 0 Å². The Labute approximate surface area is 69.2 Å². The lowest BCUT2D eigenvalue weighted by Crippen LogP contribution is -2.18. The average molecular weight is 158 g/mol. The van der Waals surface area contributed by atoms with Gasteiger partial charge in [-0.2, -0.15) is 0 Å². The summed E-state index contributed by atoms with van der Waals surface area (Å²) in [6.45, 7) is 4.37. The van der Waals surface area contributed by atoms with Gasteiger partial charge in [0.15, 0.2) is 0 Å². The van der Waals surface area contributed by atoms with Gasteiger partial charge in [0.2, 0.25) is 0 Å². The van der Waals surface area contributed by atoms with E-state index in [2.05, 4.69) is 13.8 Å². The van der Waals surface area contributed by atoms with E-state index in [1.165, 1.54) is 19.3 Å². The van der Waals surface area contributed by atoms with Gasteiger partial charge in [0.1, 0.15) is 0 Å². The smallest absolute Gasteiger partial charge is 0.0925 e. The molecule has 1 aliphatic rings. The molecule has 3 atom stereocenters. The maximum Gasteiger partial charge on any atom is 0.0925 e. The van der Waals surface area contributed by atoms with E-state index in [1.807, 2.05) is 0 Å². The molecule has 1 saturated carbocycles. The lowest BCUT2D eigenvalue weighted by Gasteiger charge is -2.23. The molecular weight excluding hydrogens is 139 g/mol. The summed E-state index contributed by atoms with van der Waals surface area (Å²) in [4.78, 5) is 0. The zero-order chi connectivity index (χ0) is 8.27. The van der Waals surface area contributed by atoms with Crippen molar-refractivity contribution in [2.45, 2.75) is 39.5 Å². The van der Waals surface area contributed by atoms with Crippen LogP contribution < -0.4 is 0 Å². The fourth-order valence-electron chi connectivity index (χ4n) is 2.08. The van der Waals surface area contributed by atoms with Gasteiger partial charge in [-0.05, 0) is 24.2 Å². The molecule has 0 aromatic rings. The van der Waals surface area contributed by atoms with Gasteiger partial charge in [-0.25, -0.2) is 0 Å². The Hall–Kier alpha value is -0.0700. The van der Waals surface area contributed by atoms with E-state index in [-0.39, 0.29) is 6.67 Å². The van der Waals surface area contributed by atoms with Crippen molar-refractivity contribution < 1.29 is 4.39 Å². The SMILES string of the molecule is CC1C(CF)CCCC[C@@H]1C. The maximum absolute atomic E-state index is 12.5. The Balaban J connectivity index is 2.49. The van der Waals surface area contributed by atoms with Crippen LogP contribution in [0.4, 0.5) is 4.39 Å². The summed E-state index contributed by atoms with van der Waals surface area (Å²) in [6, 6.07) is 0. The minimum atomic E-state index is -0.106. The van der Waals surface area contributed by atoms with Gasteiger partial charge >= 0.3 is 0 Å². The highest BCUT2D eigenvalue weighted by Crippen LogP contribution is 2.32. The number of halogens is 1. The highest BCUT2D eigenvalue weighted by Gasteiger charge is 2.24. The van der Waals surface area contributed by atoms with E-state index in [0.717, 1.165) is 12.3 Å². The maximum atomic E-state index is 12.5. The first-order chi connectivity index (χ1) is 5.25. The molecule has 0 saturated heterocycles. The summed E-state index contributed by atoms with van der Waals surface area (Å²) in [5.74, 6) is 1.69. The molecule has 0 radical (unpaired) electrons. The van der Waals surface area contributed by atoms with E-state index < -0.39 is 0 Å². The normalized spacial score (nSPS) is 40.1. The average Bonchev–Trinajstić information content (AvgIpc) is 2.16. The molecule has 0 amide bonds. The zero-order valence-electron chi connectivity index (χ0n) is 7.65. The predicted octanol–water partition coefficient (Wildman–Crippen LogP) is 3.42. The largest absolute Gasteiger partial charge is 0.251 e. The molecule has 0 nitrogen and oxygen atoms in total. The van der Waals surface area contributed by atoms with Crippen molar-refractivity contribution in [2.75, 3.05) is 6.67 Å². The van der Waals surface area contributed by atoms with Gasteiger partial charge in [0, 0.05) is 0 Å². The summed E-state index contributed by atoms with van der Waals surface area (Å²) in [7, 11) is 0. The third kappa shape index (κ3) is 2.18. The first-order valence-corrected chi connectivity index (χ1v) is 4.81. The number of hydrogen-bond donors (Lipinski definition) is 0. The first kappa shape index (κ1) is 9.02. The van der Waals surface area contributed by atoms with Crippen molar-refractivity contribution in [2.24, 2.45) is 17.8 Å². The van der Waals surface area contributed by atoms with E-state index in [4.69, 9.17) is 0 Å². The summed E-state index contributed by atoms with van der Waals surface area (Å²) in [6.07, 6.45) is 4.96. The van der Waals surface area contributed by atoms with E-state index in [0.29, 0.717) is 11.8 Å². The van der Waals surface area contributed by atoms with Gasteiger partial charge in [-0.15, -0.1) is 0 Å². The molecular formula is C10H19F. The molecule has 0 aromatic carbocycles. The highest BCUT2D eigenvalue weighted by molar-refractivity contribution is 4.74. The van der Waals surface area contributed by atoms with Gasteiger partial charge in [0.25, 0.3) is 0 Å². The van der Waals surface area contributed by atoms with Crippen LogP contribution in [0.25, 0.3) is 0 Å². The topological polar surface area (TPSA) is 0 Å². The van der Waals surface area contributed by atoms with Crippen LogP contribution in [-0.2, 0) is 0 Å². The van der Waals surface area contributed by atoms with Crippen molar-refractivity contribution >= 4 is 0 Å². The van der Waals surface area contributed by atoms with Crippen LogP contribution in [-0.4, -0.2) is 6.67 Å². The minimum absolute atomic E-state index is 0.106. The molecule has 1 fully saturated rings. The third-order valence-corrected chi connectivity index (χ3v) is 3.32. The summed E-state index contributed by atoms with van der Waals surface area (Å²) >= 11 is 0. The Bertz CT molecular complexity index is 111. The summed E-state index contributed by atoms with van der Waals surface area (Å²) in [5, 5.41) is 0. The van der Waals surface area contributed by atoms with E-state index in [1.54, 1.807) is 0 Å². The lowest BCUT2D eigenvalue weighted by atomic mass is 9.84. The molecule has 0 heterocycles. The Kier molecular flexibility index (Phi) is 3.35. The second-order valence-corrected chi connectivity index (χ2v) is 4.04. The first-order valence-electron chi connectivity index (χ1n) is 4.81. The minimum Gasteiger partial charge on any atom is -0.251 e. The standard InChI is InChI=1S/C10H19F/c1-8-5-3-4-6-10(7-11)9(8)2/h8-10H,3-7H2,1-2H3/t8-,9?,10?/m0/s1. The molecule has 0 N–H and O–H groups in total. The quantitative estimate of drug-likeness (QED) is 0.513. The van der Waals surface area contributed by atoms with Crippen molar-refractivity contribution in [3.63, 3.8) is 0 Å². The molecule has 1 heteroatoms. The van der Waals surface area contributed by atoms with Crippen LogP contribution >= 0.6 is 0 Å². The fourth-order valence-corrected chi connectivity index (χ4v) is 2.08. The van der Waals surface area contributed by atoms with Crippen molar-refractivity contribution in [1.82, 2.24) is 0 Å². The Morgan fingerprint density at radius 1 is 1.18 bits per heavy atom. The lowest BCUT2D eigenvalue weighted by molar-refractivity contribution is 0.217. The van der Waals surface area contributed by atoms with Crippen LogP contribution in [0.2, 0.25) is 0 Å². The molecule has 1 rings (SSSR count). The number of alkyl halides is 1. The van der Waals surface area contributed by atoms with Gasteiger partial charge in [-0.3, -0.25) is 4.39 Å². The Morgan fingerprint density at radius 3 is 2.45 bits per heavy atom. The van der Waals surface area contributed by atoms with Gasteiger partial charge in [0.05, 0.1) is 6.67 Å². The molecule has 0 aliphatic heterocycles. The third-order valence-electron chi connectivity index (χ3n) is 3.32. The van der Waals surface area contributed by atoms with Crippen molar-refractivity contribution in [3.05, 3.63) is 0 Å². The zero-order valence-corrected chi connectivity index (χ0v) is 7.65. The molecule has 0 spiro atoms. The molecule has 0 bridgehead atoms. The molecule has 11 heavy (non-hydrogen) atoms. The summed E-state index contributed by atoms with van der Waals surface area (Å²) in [5.41, 5.74) is 0. The van der Waals surface area contributed by atoms with Crippen molar-refractivity contribution in [1.29, 1.82) is 0 Å². The number of hydrogen-bond acceptors (Lipinski definition) is 0. The Morgan fingerprint density at radius 2 is 1.82 bits per heavy atom. The molecule has 2 unspecified atom stereocenters. The second-order valence-electron chi connectivity index (χ2n) is 4.04. The molecule has 0 aromatic heterocycles. The van der Waals surface area contributed by atoms with Crippen LogP contribution in [0.3, 0.4) is 0 Å². The van der Waals surface area contributed by atoms with Crippen LogP contribution in [0.1, 0.15) is 39.5 Å². The fraction of sp³-hybridized carbons (Fsp3) is 1.00. The van der Waals surface area contributed by atoms with Gasteiger partial charge in [-0.1, -0.05) is 33.1 Å². The van der Waals surface area contributed by atoms with Crippen LogP contribution in [0, 0.1) is 17.8 Å². The summed E-state index contributed by atoms with van der Waals surface area (Å²) < 4.78 is 12.5. The molecule has 66 valence electrons. The van der Waals surface area contributed by atoms with E-state index in [9.17, 15) is 4.39 Å². The molecule has 1 aliphatic carbocycles. The second kappa shape index (κ2) is 4.08. The predicted molar refractivity (Wildman–Crippen MR) is 46.3 cm³/mol. The van der Waals surface area contributed by atoms with Crippen LogP contribution in [0.15, 0.2) is 0 Å². The van der Waals surface area contributed by atoms with Gasteiger partial charge < -0.3 is 0 Å². The van der Waals surface area contributed by atoms with Crippen LogP contribution in [0.5, 0.6) is 0 Å². The van der Waals surface area contributed by atoms with Crippen molar-refractivity contribution in [3.8, 4) is 0 Å². The monoisotopic (exact) mass is 158 g/mol. The highest BCUT2D eigenvalue weighted by atomic mass is 19.1.